The van der Waals surface area contributed by atoms with Gasteiger partial charge in [-0.2, -0.15) is 0 Å². The second-order valence-electron chi connectivity index (χ2n) is 4.52. The van der Waals surface area contributed by atoms with Gasteiger partial charge in [-0.1, -0.05) is 48.5 Å². The van der Waals surface area contributed by atoms with E-state index in [1.54, 1.807) is 30.3 Å². The number of fused-ring (bicyclic) bond motifs is 1. The van der Waals surface area contributed by atoms with Crippen LogP contribution < -0.4 is 4.74 Å². The van der Waals surface area contributed by atoms with E-state index >= 15 is 0 Å². The van der Waals surface area contributed by atoms with Gasteiger partial charge in [-0.3, -0.25) is 9.59 Å². The second kappa shape index (κ2) is 4.69. The van der Waals surface area contributed by atoms with Gasteiger partial charge in [0.25, 0.3) is 0 Å². The molecule has 1 heterocycles. The number of carbonyl (C=O) groups is 2. The summed E-state index contributed by atoms with van der Waals surface area (Å²) in [6.45, 7) is 0. The number of para-hydroxylation sites is 1. The van der Waals surface area contributed by atoms with Crippen molar-refractivity contribution in [3.05, 3.63) is 65.7 Å². The highest BCUT2D eigenvalue weighted by Crippen LogP contribution is 2.29. The van der Waals surface area contributed by atoms with Crippen molar-refractivity contribution < 1.29 is 14.3 Å². The minimum atomic E-state index is -0.739. The van der Waals surface area contributed by atoms with Gasteiger partial charge in [0.2, 0.25) is 0 Å². The third kappa shape index (κ3) is 2.15. The standard InChI is InChI=1S/C16H12O3/c17-15(11-6-2-1-3-7-11)13-10-12-8-4-5-9-14(12)19-16(13)18/h1-9,13H,10H2. The summed E-state index contributed by atoms with van der Waals surface area (Å²) in [5.74, 6) is -0.824. The number of hydrogen-bond acceptors (Lipinski definition) is 3. The molecule has 19 heavy (non-hydrogen) atoms. The van der Waals surface area contributed by atoms with E-state index in [0.717, 1.165) is 5.56 Å². The summed E-state index contributed by atoms with van der Waals surface area (Å²) >= 11 is 0. The first-order valence-corrected chi connectivity index (χ1v) is 6.14. The number of Topliss-reactive ketones (excluding diaryl/α,β-unsaturated/α-hetero) is 1. The third-order valence-corrected chi connectivity index (χ3v) is 3.27. The molecular weight excluding hydrogens is 240 g/mol. The fourth-order valence-electron chi connectivity index (χ4n) is 2.26. The molecule has 1 aliphatic heterocycles. The van der Waals surface area contributed by atoms with Crippen LogP contribution >= 0.6 is 0 Å². The molecular formula is C16H12O3. The summed E-state index contributed by atoms with van der Waals surface area (Å²) in [7, 11) is 0. The first-order valence-electron chi connectivity index (χ1n) is 6.14. The van der Waals surface area contributed by atoms with Crippen LogP contribution in [0.2, 0.25) is 0 Å². The van der Waals surface area contributed by atoms with Crippen LogP contribution in [0.3, 0.4) is 0 Å². The molecule has 0 radical (unpaired) electrons. The average Bonchev–Trinajstić information content (AvgIpc) is 2.47. The SMILES string of the molecule is O=C1Oc2ccccc2CC1C(=O)c1ccccc1. The summed E-state index contributed by atoms with van der Waals surface area (Å²) in [6, 6.07) is 16.2. The summed E-state index contributed by atoms with van der Waals surface area (Å²) in [5.41, 5.74) is 1.44. The number of esters is 1. The Morgan fingerprint density at radius 2 is 1.68 bits per heavy atom. The van der Waals surface area contributed by atoms with Crippen molar-refractivity contribution in [1.29, 1.82) is 0 Å². The quantitative estimate of drug-likeness (QED) is 0.357. The molecule has 3 nitrogen and oxygen atoms in total. The lowest BCUT2D eigenvalue weighted by atomic mass is 9.89. The van der Waals surface area contributed by atoms with Crippen molar-refractivity contribution in [3.8, 4) is 5.75 Å². The maximum Gasteiger partial charge on any atom is 0.322 e. The molecule has 0 saturated heterocycles. The molecule has 3 rings (SSSR count). The van der Waals surface area contributed by atoms with Gasteiger partial charge in [0.1, 0.15) is 11.7 Å². The van der Waals surface area contributed by atoms with Gasteiger partial charge in [-0.05, 0) is 18.1 Å². The van der Waals surface area contributed by atoms with Gasteiger partial charge < -0.3 is 4.74 Å². The molecule has 3 heteroatoms. The van der Waals surface area contributed by atoms with E-state index in [2.05, 4.69) is 0 Å². The maximum absolute atomic E-state index is 12.3. The van der Waals surface area contributed by atoms with Crippen molar-refractivity contribution >= 4 is 11.8 Å². The van der Waals surface area contributed by atoms with Gasteiger partial charge >= 0.3 is 5.97 Å². The highest BCUT2D eigenvalue weighted by Gasteiger charge is 2.34. The average molecular weight is 252 g/mol. The Bertz CT molecular complexity index is 631. The predicted octanol–water partition coefficient (Wildman–Crippen LogP) is 2.65. The van der Waals surface area contributed by atoms with Crippen molar-refractivity contribution in [2.24, 2.45) is 5.92 Å². The van der Waals surface area contributed by atoms with Crippen molar-refractivity contribution in [2.75, 3.05) is 0 Å². The minimum absolute atomic E-state index is 0.180. The number of carbonyl (C=O) groups excluding carboxylic acids is 2. The van der Waals surface area contributed by atoms with Crippen LogP contribution in [0.25, 0.3) is 0 Å². The zero-order valence-electron chi connectivity index (χ0n) is 10.2. The summed E-state index contributed by atoms with van der Waals surface area (Å²) in [4.78, 5) is 24.2. The van der Waals surface area contributed by atoms with Crippen molar-refractivity contribution in [2.45, 2.75) is 6.42 Å². The maximum atomic E-state index is 12.3. The summed E-state index contributed by atoms with van der Waals surface area (Å²) in [6.07, 6.45) is 0.405. The predicted molar refractivity (Wildman–Crippen MR) is 70.0 cm³/mol. The van der Waals surface area contributed by atoms with Gasteiger partial charge in [0.15, 0.2) is 5.78 Å². The molecule has 0 aromatic heterocycles. The molecule has 94 valence electrons. The zero-order valence-corrected chi connectivity index (χ0v) is 10.2. The van der Waals surface area contributed by atoms with E-state index in [1.807, 2.05) is 24.3 Å². The smallest absolute Gasteiger partial charge is 0.322 e. The molecule has 1 atom stereocenters. The van der Waals surface area contributed by atoms with Crippen LogP contribution in [-0.2, 0) is 11.2 Å². The van der Waals surface area contributed by atoms with Crippen molar-refractivity contribution in [1.82, 2.24) is 0 Å². The normalized spacial score (nSPS) is 17.5. The highest BCUT2D eigenvalue weighted by atomic mass is 16.5. The molecule has 0 amide bonds. The number of hydrogen-bond donors (Lipinski definition) is 0. The lowest BCUT2D eigenvalue weighted by molar-refractivity contribution is -0.138. The van der Waals surface area contributed by atoms with Crippen LogP contribution in [-0.4, -0.2) is 11.8 Å². The van der Waals surface area contributed by atoms with Crippen LogP contribution in [0.5, 0.6) is 5.75 Å². The Kier molecular flexibility index (Phi) is 2.88. The third-order valence-electron chi connectivity index (χ3n) is 3.27. The second-order valence-corrected chi connectivity index (χ2v) is 4.52. The van der Waals surface area contributed by atoms with Crippen LogP contribution in [0.1, 0.15) is 15.9 Å². The van der Waals surface area contributed by atoms with Crippen LogP contribution in [0, 0.1) is 5.92 Å². The highest BCUT2D eigenvalue weighted by molar-refractivity contribution is 6.09. The molecule has 1 aliphatic rings. The Morgan fingerprint density at radius 1 is 1.00 bits per heavy atom. The molecule has 0 saturated carbocycles. The van der Waals surface area contributed by atoms with E-state index in [4.69, 9.17) is 4.74 Å². The van der Waals surface area contributed by atoms with Crippen LogP contribution in [0.4, 0.5) is 0 Å². The van der Waals surface area contributed by atoms with Gasteiger partial charge in [0, 0.05) is 5.56 Å². The lowest BCUT2D eigenvalue weighted by Crippen LogP contribution is -2.33. The number of ketones is 1. The Balaban J connectivity index is 1.91. The van der Waals surface area contributed by atoms with E-state index in [-0.39, 0.29) is 5.78 Å². The van der Waals surface area contributed by atoms with E-state index < -0.39 is 11.9 Å². The topological polar surface area (TPSA) is 43.4 Å². The lowest BCUT2D eigenvalue weighted by Gasteiger charge is -2.22. The Labute approximate surface area is 110 Å². The molecule has 0 aliphatic carbocycles. The summed E-state index contributed by atoms with van der Waals surface area (Å²) in [5, 5.41) is 0. The fraction of sp³-hybridized carbons (Fsp3) is 0.125. The van der Waals surface area contributed by atoms with E-state index in [1.165, 1.54) is 0 Å². The number of ether oxygens (including phenoxy) is 1. The first kappa shape index (κ1) is 11.7. The zero-order chi connectivity index (χ0) is 13.2. The largest absolute Gasteiger partial charge is 0.426 e. The molecule has 0 N–H and O–H groups in total. The molecule has 2 aromatic rings. The molecule has 0 spiro atoms. The first-order chi connectivity index (χ1) is 9.25. The van der Waals surface area contributed by atoms with Crippen molar-refractivity contribution in [3.63, 3.8) is 0 Å². The van der Waals surface area contributed by atoms with Crippen LogP contribution in [0.15, 0.2) is 54.6 Å². The molecule has 2 aromatic carbocycles. The molecule has 1 unspecified atom stereocenters. The van der Waals surface area contributed by atoms with E-state index in [9.17, 15) is 9.59 Å². The summed E-state index contributed by atoms with van der Waals surface area (Å²) < 4.78 is 5.23. The van der Waals surface area contributed by atoms with Gasteiger partial charge in [-0.25, -0.2) is 0 Å². The monoisotopic (exact) mass is 252 g/mol. The van der Waals surface area contributed by atoms with Gasteiger partial charge in [0.05, 0.1) is 0 Å². The molecule has 0 fully saturated rings. The Hall–Kier alpha value is -2.42. The number of benzene rings is 2. The van der Waals surface area contributed by atoms with E-state index in [0.29, 0.717) is 17.7 Å². The Morgan fingerprint density at radius 3 is 2.47 bits per heavy atom. The fourth-order valence-corrected chi connectivity index (χ4v) is 2.26. The molecule has 0 bridgehead atoms. The van der Waals surface area contributed by atoms with Gasteiger partial charge in [-0.15, -0.1) is 0 Å². The number of rotatable bonds is 2. The minimum Gasteiger partial charge on any atom is -0.426 e.